The van der Waals surface area contributed by atoms with Gasteiger partial charge in [-0.25, -0.2) is 4.68 Å². The summed E-state index contributed by atoms with van der Waals surface area (Å²) < 4.78 is 6.86. The number of hydrogen-bond acceptors (Lipinski definition) is 4. The molecule has 0 aliphatic carbocycles. The number of para-hydroxylation sites is 1. The molecule has 2 aromatic rings. The van der Waals surface area contributed by atoms with Gasteiger partial charge in [0.05, 0.1) is 11.9 Å². The van der Waals surface area contributed by atoms with E-state index in [1.807, 2.05) is 50.4 Å². The summed E-state index contributed by atoms with van der Waals surface area (Å²) in [6.45, 7) is 8.34. The molecule has 0 saturated carbocycles. The molecular formula is C20H25N3O3. The van der Waals surface area contributed by atoms with Crippen LogP contribution in [0.3, 0.4) is 0 Å². The molecule has 138 valence electrons. The number of carbonyl (C=O) groups excluding carboxylic acids is 2. The number of hydrogen-bond donors (Lipinski definition) is 0. The summed E-state index contributed by atoms with van der Waals surface area (Å²) >= 11 is 0. The SMILES string of the molecule is C=C(C)CN(CC)C(=O)COC(=O)CCc1cnn(-c2ccccc2)c1. The van der Waals surface area contributed by atoms with Gasteiger partial charge in [-0.1, -0.05) is 30.4 Å². The van der Waals surface area contributed by atoms with Crippen molar-refractivity contribution in [3.63, 3.8) is 0 Å². The highest BCUT2D eigenvalue weighted by Gasteiger charge is 2.14. The summed E-state index contributed by atoms with van der Waals surface area (Å²) in [6, 6.07) is 9.75. The smallest absolute Gasteiger partial charge is 0.306 e. The molecule has 0 atom stereocenters. The largest absolute Gasteiger partial charge is 0.456 e. The topological polar surface area (TPSA) is 64.4 Å². The van der Waals surface area contributed by atoms with Gasteiger partial charge in [-0.3, -0.25) is 9.59 Å². The van der Waals surface area contributed by atoms with E-state index in [1.54, 1.807) is 15.8 Å². The Bertz CT molecular complexity index is 753. The zero-order chi connectivity index (χ0) is 18.9. The van der Waals surface area contributed by atoms with Crippen LogP contribution in [0.5, 0.6) is 0 Å². The molecule has 1 heterocycles. The molecule has 6 heteroatoms. The minimum absolute atomic E-state index is 0.208. The van der Waals surface area contributed by atoms with E-state index in [1.165, 1.54) is 0 Å². The molecule has 2 rings (SSSR count). The number of likely N-dealkylation sites (N-methyl/N-ethyl adjacent to an activating group) is 1. The highest BCUT2D eigenvalue weighted by molar-refractivity contribution is 5.80. The number of aromatic nitrogens is 2. The van der Waals surface area contributed by atoms with E-state index in [9.17, 15) is 9.59 Å². The molecule has 0 aliphatic rings. The van der Waals surface area contributed by atoms with E-state index in [2.05, 4.69) is 11.7 Å². The third-order valence-corrected chi connectivity index (χ3v) is 3.83. The van der Waals surface area contributed by atoms with Gasteiger partial charge in [0.1, 0.15) is 0 Å². The Balaban J connectivity index is 1.78. The minimum atomic E-state index is -0.391. The summed E-state index contributed by atoms with van der Waals surface area (Å²) in [4.78, 5) is 25.5. The second kappa shape index (κ2) is 9.56. The van der Waals surface area contributed by atoms with Crippen LogP contribution in [0.1, 0.15) is 25.8 Å². The van der Waals surface area contributed by atoms with Crippen LogP contribution in [0.4, 0.5) is 0 Å². The Labute approximate surface area is 154 Å². The molecule has 0 saturated heterocycles. The molecule has 0 aliphatic heterocycles. The first-order valence-corrected chi connectivity index (χ1v) is 8.66. The van der Waals surface area contributed by atoms with Crippen molar-refractivity contribution in [2.45, 2.75) is 26.7 Å². The summed E-state index contributed by atoms with van der Waals surface area (Å²) in [5.74, 6) is -0.599. The van der Waals surface area contributed by atoms with Gasteiger partial charge in [-0.2, -0.15) is 5.10 Å². The first-order chi connectivity index (χ1) is 12.5. The van der Waals surface area contributed by atoms with Crippen molar-refractivity contribution in [2.75, 3.05) is 19.7 Å². The molecule has 0 fully saturated rings. The van der Waals surface area contributed by atoms with Gasteiger partial charge in [-0.05, 0) is 38.0 Å². The van der Waals surface area contributed by atoms with Gasteiger partial charge in [0, 0.05) is 25.7 Å². The van der Waals surface area contributed by atoms with E-state index in [0.717, 1.165) is 16.8 Å². The quantitative estimate of drug-likeness (QED) is 0.512. The lowest BCUT2D eigenvalue weighted by Crippen LogP contribution is -2.35. The number of benzene rings is 1. The fourth-order valence-electron chi connectivity index (χ4n) is 2.47. The number of aryl methyl sites for hydroxylation is 1. The van der Waals surface area contributed by atoms with Crippen molar-refractivity contribution in [1.82, 2.24) is 14.7 Å². The molecule has 6 nitrogen and oxygen atoms in total. The monoisotopic (exact) mass is 355 g/mol. The standard InChI is InChI=1S/C20H25N3O3/c1-4-22(13-16(2)3)19(24)15-26-20(25)11-10-17-12-21-23(14-17)18-8-6-5-7-9-18/h5-9,12,14H,2,4,10-11,13,15H2,1,3H3. The van der Waals surface area contributed by atoms with Crippen LogP contribution in [0.2, 0.25) is 0 Å². The van der Waals surface area contributed by atoms with Gasteiger partial charge >= 0.3 is 5.97 Å². The van der Waals surface area contributed by atoms with Gasteiger partial charge < -0.3 is 9.64 Å². The van der Waals surface area contributed by atoms with Crippen molar-refractivity contribution >= 4 is 11.9 Å². The molecule has 1 aromatic heterocycles. The maximum Gasteiger partial charge on any atom is 0.306 e. The molecule has 0 N–H and O–H groups in total. The van der Waals surface area contributed by atoms with Crippen LogP contribution >= 0.6 is 0 Å². The van der Waals surface area contributed by atoms with Crippen molar-refractivity contribution in [1.29, 1.82) is 0 Å². The van der Waals surface area contributed by atoms with E-state index >= 15 is 0 Å². The summed E-state index contributed by atoms with van der Waals surface area (Å²) in [5.41, 5.74) is 2.79. The van der Waals surface area contributed by atoms with Crippen molar-refractivity contribution in [3.8, 4) is 5.69 Å². The highest BCUT2D eigenvalue weighted by atomic mass is 16.5. The minimum Gasteiger partial charge on any atom is -0.456 e. The number of nitrogens with zero attached hydrogens (tertiary/aromatic N) is 3. The van der Waals surface area contributed by atoms with Gasteiger partial charge in [0.15, 0.2) is 6.61 Å². The van der Waals surface area contributed by atoms with Crippen molar-refractivity contribution in [3.05, 3.63) is 60.4 Å². The molecular weight excluding hydrogens is 330 g/mol. The average molecular weight is 355 g/mol. The fourth-order valence-corrected chi connectivity index (χ4v) is 2.47. The maximum atomic E-state index is 12.0. The van der Waals surface area contributed by atoms with Crippen molar-refractivity contribution in [2.24, 2.45) is 0 Å². The number of ether oxygens (including phenoxy) is 1. The average Bonchev–Trinajstić information content (AvgIpc) is 3.12. The first-order valence-electron chi connectivity index (χ1n) is 8.66. The number of esters is 1. The van der Waals surface area contributed by atoms with Gasteiger partial charge in [0.25, 0.3) is 5.91 Å². The molecule has 1 amide bonds. The molecule has 26 heavy (non-hydrogen) atoms. The van der Waals surface area contributed by atoms with Gasteiger partial charge in [0.2, 0.25) is 0 Å². The second-order valence-electron chi connectivity index (χ2n) is 6.15. The summed E-state index contributed by atoms with van der Waals surface area (Å²) in [6.07, 6.45) is 4.35. The lowest BCUT2D eigenvalue weighted by Gasteiger charge is -2.20. The molecule has 0 unspecified atom stereocenters. The fraction of sp³-hybridized carbons (Fsp3) is 0.350. The molecule has 0 bridgehead atoms. The number of amides is 1. The van der Waals surface area contributed by atoms with E-state index in [4.69, 9.17) is 4.74 Å². The van der Waals surface area contributed by atoms with Crippen LogP contribution in [0.15, 0.2) is 54.9 Å². The Kier molecular flexibility index (Phi) is 7.14. The summed E-state index contributed by atoms with van der Waals surface area (Å²) in [7, 11) is 0. The summed E-state index contributed by atoms with van der Waals surface area (Å²) in [5, 5.41) is 4.30. The third kappa shape index (κ3) is 5.88. The Morgan fingerprint density at radius 3 is 2.65 bits per heavy atom. The highest BCUT2D eigenvalue weighted by Crippen LogP contribution is 2.09. The van der Waals surface area contributed by atoms with Crippen LogP contribution in [0, 0.1) is 0 Å². The Morgan fingerprint density at radius 1 is 1.27 bits per heavy atom. The Hall–Kier alpha value is -2.89. The van der Waals surface area contributed by atoms with E-state index in [-0.39, 0.29) is 18.9 Å². The zero-order valence-electron chi connectivity index (χ0n) is 15.4. The van der Waals surface area contributed by atoms with Gasteiger partial charge in [-0.15, -0.1) is 0 Å². The normalized spacial score (nSPS) is 10.4. The number of carbonyl (C=O) groups is 2. The second-order valence-corrected chi connectivity index (χ2v) is 6.15. The van der Waals surface area contributed by atoms with Crippen molar-refractivity contribution < 1.29 is 14.3 Å². The maximum absolute atomic E-state index is 12.0. The number of rotatable bonds is 9. The molecule has 0 radical (unpaired) electrons. The zero-order valence-corrected chi connectivity index (χ0v) is 15.4. The van der Waals surface area contributed by atoms with Crippen LogP contribution < -0.4 is 0 Å². The van der Waals surface area contributed by atoms with E-state index in [0.29, 0.717) is 19.5 Å². The predicted molar refractivity (Wildman–Crippen MR) is 99.9 cm³/mol. The Morgan fingerprint density at radius 2 is 2.00 bits per heavy atom. The van der Waals surface area contributed by atoms with Crippen LogP contribution in [-0.4, -0.2) is 46.3 Å². The first kappa shape index (κ1) is 19.4. The molecule has 0 spiro atoms. The van der Waals surface area contributed by atoms with Crippen LogP contribution in [-0.2, 0) is 20.7 Å². The van der Waals surface area contributed by atoms with Crippen LogP contribution in [0.25, 0.3) is 5.69 Å². The predicted octanol–water partition coefficient (Wildman–Crippen LogP) is 2.77. The van der Waals surface area contributed by atoms with E-state index < -0.39 is 5.97 Å². The third-order valence-electron chi connectivity index (χ3n) is 3.83. The molecule has 1 aromatic carbocycles. The lowest BCUT2D eigenvalue weighted by atomic mass is 10.2. The lowest BCUT2D eigenvalue weighted by molar-refractivity contribution is -0.151.